The molecule has 5 rings (SSSR count). The summed E-state index contributed by atoms with van der Waals surface area (Å²) in [5.41, 5.74) is 0.307. The molecule has 5 unspecified atom stereocenters. The highest BCUT2D eigenvalue weighted by molar-refractivity contribution is 6.09. The highest BCUT2D eigenvalue weighted by Gasteiger charge is 2.45. The van der Waals surface area contributed by atoms with Crippen molar-refractivity contribution < 1.29 is 53.3 Å². The number of benzene rings is 2. The van der Waals surface area contributed by atoms with Crippen molar-refractivity contribution in [3.05, 3.63) is 46.3 Å². The first-order valence-electron chi connectivity index (χ1n) is 11.6. The van der Waals surface area contributed by atoms with Crippen molar-refractivity contribution in [2.45, 2.75) is 37.6 Å². The van der Waals surface area contributed by atoms with Gasteiger partial charge in [0.1, 0.15) is 41.3 Å². The molecule has 12 nitrogen and oxygen atoms in total. The lowest BCUT2D eigenvalue weighted by molar-refractivity contribution is -0.277. The second kappa shape index (κ2) is 9.82. The number of phenols is 1. The molecule has 38 heavy (non-hydrogen) atoms. The Labute approximate surface area is 214 Å². The van der Waals surface area contributed by atoms with Gasteiger partial charge in [-0.3, -0.25) is 4.79 Å². The van der Waals surface area contributed by atoms with Gasteiger partial charge in [-0.1, -0.05) is 0 Å². The summed E-state index contributed by atoms with van der Waals surface area (Å²) >= 11 is 0. The van der Waals surface area contributed by atoms with E-state index in [0.717, 1.165) is 0 Å². The van der Waals surface area contributed by atoms with E-state index in [1.54, 1.807) is 13.0 Å². The number of hydrogen-bond donors (Lipinski definition) is 5. The molecule has 0 radical (unpaired) electrons. The first kappa shape index (κ1) is 25.8. The first-order chi connectivity index (χ1) is 18.2. The second-order valence-electron chi connectivity index (χ2n) is 8.87. The Hall–Kier alpha value is -3.81. The minimum absolute atomic E-state index is 0.0131. The Morgan fingerprint density at radius 3 is 2.13 bits per heavy atom. The summed E-state index contributed by atoms with van der Waals surface area (Å²) in [6.07, 6.45) is -7.74. The lowest BCUT2D eigenvalue weighted by Gasteiger charge is -2.39. The van der Waals surface area contributed by atoms with Gasteiger partial charge in [-0.05, 0) is 25.1 Å². The minimum Gasteiger partial charge on any atom is -0.502 e. The van der Waals surface area contributed by atoms with Gasteiger partial charge < -0.3 is 53.3 Å². The zero-order valence-corrected chi connectivity index (χ0v) is 20.6. The second-order valence-corrected chi connectivity index (χ2v) is 8.87. The van der Waals surface area contributed by atoms with Gasteiger partial charge in [-0.15, -0.1) is 0 Å². The molecule has 2 aromatic heterocycles. The van der Waals surface area contributed by atoms with Crippen LogP contribution in [0.2, 0.25) is 0 Å². The van der Waals surface area contributed by atoms with E-state index in [1.807, 2.05) is 0 Å². The molecule has 1 aliphatic rings. The minimum atomic E-state index is -1.71. The largest absolute Gasteiger partial charge is 0.502 e. The fourth-order valence-corrected chi connectivity index (χ4v) is 4.54. The van der Waals surface area contributed by atoms with Crippen LogP contribution in [0.25, 0.3) is 33.3 Å². The molecule has 202 valence electrons. The Balaban J connectivity index is 1.80. The number of methoxy groups -OCH3 is 2. The Morgan fingerprint density at radius 2 is 1.53 bits per heavy atom. The van der Waals surface area contributed by atoms with E-state index in [0.29, 0.717) is 22.1 Å². The first-order valence-corrected chi connectivity index (χ1v) is 11.6. The summed E-state index contributed by atoms with van der Waals surface area (Å²) in [5, 5.41) is 52.0. The van der Waals surface area contributed by atoms with E-state index in [-0.39, 0.29) is 45.4 Å². The van der Waals surface area contributed by atoms with Crippen LogP contribution in [0.5, 0.6) is 23.0 Å². The third-order valence-corrected chi connectivity index (χ3v) is 6.41. The van der Waals surface area contributed by atoms with E-state index < -0.39 is 37.3 Å². The van der Waals surface area contributed by atoms with Crippen LogP contribution in [-0.4, -0.2) is 77.1 Å². The molecule has 1 fully saturated rings. The molecule has 5 N–H and O–H groups in total. The monoisotopic (exact) mass is 530 g/mol. The third-order valence-electron chi connectivity index (χ3n) is 6.41. The van der Waals surface area contributed by atoms with Gasteiger partial charge in [-0.2, -0.15) is 0 Å². The Morgan fingerprint density at radius 1 is 0.895 bits per heavy atom. The lowest BCUT2D eigenvalue weighted by Crippen LogP contribution is -2.60. The zero-order chi connectivity index (χ0) is 27.3. The average molecular weight is 530 g/mol. The van der Waals surface area contributed by atoms with Gasteiger partial charge in [-0.25, -0.2) is 0 Å². The number of rotatable bonds is 6. The molecular formula is C26H26O12. The van der Waals surface area contributed by atoms with E-state index >= 15 is 0 Å². The number of aliphatic hydroxyl groups excluding tert-OH is 4. The summed E-state index contributed by atoms with van der Waals surface area (Å²) in [7, 11) is 2.70. The topological polar surface area (TPSA) is 181 Å². The molecule has 1 aliphatic heterocycles. The SMILES string of the molecule is COc1cc(-c2oc3cc(=O)cc4oc(C)cc(c2OC2OC(CO)C(O)C(O)C2O)c43)cc(OC)c1O. The van der Waals surface area contributed by atoms with Crippen molar-refractivity contribution in [1.29, 1.82) is 0 Å². The number of phenolic OH excluding ortho intramolecular Hbond substituents is 1. The van der Waals surface area contributed by atoms with Crippen LogP contribution in [0.4, 0.5) is 0 Å². The molecule has 12 heteroatoms. The standard InChI is InChI=1S/C26H26O12/c1-10-4-13-19-14(35-10)7-12(28)8-15(19)36-24(11-5-16(33-2)20(29)17(6-11)34-3)25(13)38-26-23(32)22(31)21(30)18(9-27)37-26/h4-8,18,21-23,26-27,29-32H,9H2,1-3H3. The quantitative estimate of drug-likeness (QED) is 0.242. The van der Waals surface area contributed by atoms with Crippen LogP contribution in [0, 0.1) is 6.92 Å². The van der Waals surface area contributed by atoms with Crippen molar-refractivity contribution in [2.75, 3.05) is 20.8 Å². The van der Waals surface area contributed by atoms with Crippen molar-refractivity contribution >= 4 is 21.9 Å². The molecule has 0 bridgehead atoms. The van der Waals surface area contributed by atoms with Gasteiger partial charge in [0.25, 0.3) is 0 Å². The van der Waals surface area contributed by atoms with E-state index in [9.17, 15) is 30.3 Å². The van der Waals surface area contributed by atoms with Gasteiger partial charge in [0.05, 0.1) is 26.2 Å². The highest BCUT2D eigenvalue weighted by atomic mass is 16.7. The fraction of sp³-hybridized carbons (Fsp3) is 0.346. The lowest BCUT2D eigenvalue weighted by atomic mass is 9.99. The number of aliphatic hydroxyl groups is 4. The fourth-order valence-electron chi connectivity index (χ4n) is 4.54. The van der Waals surface area contributed by atoms with Crippen LogP contribution >= 0.6 is 0 Å². The number of aromatic hydroxyl groups is 1. The van der Waals surface area contributed by atoms with E-state index in [1.165, 1.54) is 38.5 Å². The van der Waals surface area contributed by atoms with Crippen LogP contribution < -0.4 is 19.6 Å². The summed E-state index contributed by atoms with van der Waals surface area (Å²) in [4.78, 5) is 12.4. The summed E-state index contributed by atoms with van der Waals surface area (Å²) in [6.45, 7) is 1.02. The number of aryl methyl sites for hydroxylation is 1. The maximum absolute atomic E-state index is 12.4. The average Bonchev–Trinajstić information content (AvgIpc) is 2.89. The Kier molecular flexibility index (Phi) is 6.67. The van der Waals surface area contributed by atoms with Crippen molar-refractivity contribution in [2.24, 2.45) is 0 Å². The molecule has 2 aromatic carbocycles. The Bertz CT molecular complexity index is 1530. The molecule has 0 spiro atoms. The number of ether oxygens (including phenoxy) is 4. The van der Waals surface area contributed by atoms with E-state index in [2.05, 4.69) is 0 Å². The molecule has 0 saturated carbocycles. The highest BCUT2D eigenvalue weighted by Crippen LogP contribution is 2.47. The van der Waals surface area contributed by atoms with Crippen LogP contribution in [0.15, 0.2) is 44.0 Å². The zero-order valence-electron chi connectivity index (χ0n) is 20.6. The summed E-state index contributed by atoms with van der Waals surface area (Å²) in [6, 6.07) is 7.10. The molecule has 0 aliphatic carbocycles. The predicted octanol–water partition coefficient (Wildman–Crippen LogP) is 1.42. The maximum Gasteiger partial charge on any atom is 0.229 e. The van der Waals surface area contributed by atoms with Gasteiger partial charge >= 0.3 is 0 Å². The normalized spacial score (nSPS) is 23.6. The van der Waals surface area contributed by atoms with Crippen LogP contribution in [0.3, 0.4) is 0 Å². The molecule has 4 aromatic rings. The molecule has 0 amide bonds. The van der Waals surface area contributed by atoms with Crippen LogP contribution in [0.1, 0.15) is 5.76 Å². The summed E-state index contributed by atoms with van der Waals surface area (Å²) < 4.78 is 34.1. The van der Waals surface area contributed by atoms with Crippen molar-refractivity contribution in [3.8, 4) is 34.3 Å². The molecular weight excluding hydrogens is 504 g/mol. The van der Waals surface area contributed by atoms with Gasteiger partial charge in [0, 0.05) is 23.1 Å². The van der Waals surface area contributed by atoms with Gasteiger partial charge in [0.15, 0.2) is 28.4 Å². The number of hydrogen-bond acceptors (Lipinski definition) is 12. The third kappa shape index (κ3) is 4.22. The van der Waals surface area contributed by atoms with Gasteiger partial charge in [0.2, 0.25) is 12.0 Å². The van der Waals surface area contributed by atoms with Crippen molar-refractivity contribution in [3.63, 3.8) is 0 Å². The maximum atomic E-state index is 12.4. The molecule has 3 heterocycles. The molecule has 1 saturated heterocycles. The van der Waals surface area contributed by atoms with Crippen molar-refractivity contribution in [1.82, 2.24) is 0 Å². The molecule has 5 atom stereocenters. The smallest absolute Gasteiger partial charge is 0.229 e. The summed E-state index contributed by atoms with van der Waals surface area (Å²) in [5.74, 6) is 0.306. The van der Waals surface area contributed by atoms with Crippen LogP contribution in [-0.2, 0) is 4.74 Å². The van der Waals surface area contributed by atoms with E-state index in [4.69, 9.17) is 27.8 Å². The predicted molar refractivity (Wildman–Crippen MR) is 132 cm³/mol.